The van der Waals surface area contributed by atoms with Gasteiger partial charge in [-0.3, -0.25) is 0 Å². The van der Waals surface area contributed by atoms with E-state index >= 15 is 0 Å². The Morgan fingerprint density at radius 1 is 0.545 bits per heavy atom. The highest BCUT2D eigenvalue weighted by Crippen LogP contribution is 2.09. The zero-order valence-electron chi connectivity index (χ0n) is 18.0. The summed E-state index contributed by atoms with van der Waals surface area (Å²) in [7, 11) is 0. The summed E-state index contributed by atoms with van der Waals surface area (Å²) in [5.74, 6) is 0. The summed E-state index contributed by atoms with van der Waals surface area (Å²) in [5.41, 5.74) is -3.37. The molecule has 0 radical (unpaired) electrons. The summed E-state index contributed by atoms with van der Waals surface area (Å²) in [6.45, 7) is 2.96. The van der Waals surface area contributed by atoms with E-state index in [4.69, 9.17) is 42.9 Å². The molecule has 0 saturated carbocycles. The number of rotatable bonds is 18. The Balaban J connectivity index is 1.36. The molecular formula is C18H27N3O12. The fraction of sp³-hybridized carbons (Fsp3) is 0.833. The normalized spacial score (nSPS) is 22.7. The van der Waals surface area contributed by atoms with Crippen molar-refractivity contribution >= 4 is 0 Å². The molecular weight excluding hydrogens is 450 g/mol. The van der Waals surface area contributed by atoms with Crippen LogP contribution in [0.5, 0.6) is 0 Å². The molecule has 3 atom stereocenters. The van der Waals surface area contributed by atoms with Gasteiger partial charge in [0.2, 0.25) is 0 Å². The van der Waals surface area contributed by atoms with Crippen molar-refractivity contribution < 1.29 is 42.9 Å². The Labute approximate surface area is 187 Å². The van der Waals surface area contributed by atoms with Crippen LogP contribution in [0.4, 0.5) is 0 Å². The average molecular weight is 477 g/mol. The summed E-state index contributed by atoms with van der Waals surface area (Å²) in [6.07, 6.45) is 0.197. The minimum absolute atomic E-state index is 0.0658. The molecule has 3 aliphatic rings. The van der Waals surface area contributed by atoms with Gasteiger partial charge < -0.3 is 42.9 Å². The van der Waals surface area contributed by atoms with E-state index in [2.05, 4.69) is 0 Å². The van der Waals surface area contributed by atoms with Crippen LogP contribution in [0, 0.1) is 0 Å². The van der Waals surface area contributed by atoms with Gasteiger partial charge in [0.1, 0.15) is 38.1 Å². The third kappa shape index (κ3) is 7.55. The highest BCUT2D eigenvalue weighted by Gasteiger charge is 2.24. The molecule has 0 aliphatic carbocycles. The lowest BCUT2D eigenvalue weighted by Gasteiger charge is -2.14. The standard InChI is InChI=1S/C18H27N3O12/c22-16-19(31-4-1-25-7-13-10-28-13)17(23)21(33-6-3-27-9-15-12-30-15)18(24)20(16)32-5-2-26-8-14-11-29-14/h13-15H,1-12H2. The first kappa shape index (κ1) is 23.7. The van der Waals surface area contributed by atoms with Gasteiger partial charge in [-0.05, 0) is 0 Å². The first-order valence-electron chi connectivity index (χ1n) is 10.6. The number of ether oxygens (including phenoxy) is 6. The van der Waals surface area contributed by atoms with Crippen molar-refractivity contribution in [3.8, 4) is 0 Å². The van der Waals surface area contributed by atoms with E-state index in [1.807, 2.05) is 0 Å². The molecule has 0 amide bonds. The molecule has 0 N–H and O–H groups in total. The SMILES string of the molecule is O=c1n(OCCOCC2CO2)c(=O)n(OCCOCC2CO2)c(=O)n1OCCOCC1CO1. The fourth-order valence-corrected chi connectivity index (χ4v) is 2.52. The van der Waals surface area contributed by atoms with E-state index in [1.165, 1.54) is 0 Å². The lowest BCUT2D eigenvalue weighted by atomic mass is 10.5. The van der Waals surface area contributed by atoms with Crippen molar-refractivity contribution in [2.45, 2.75) is 18.3 Å². The Bertz CT molecular complexity index is 782. The van der Waals surface area contributed by atoms with Gasteiger partial charge >= 0.3 is 17.1 Å². The first-order valence-corrected chi connectivity index (χ1v) is 10.6. The maximum absolute atomic E-state index is 12.6. The summed E-state index contributed by atoms with van der Waals surface area (Å²) in [5, 5.41) is 0. The molecule has 1 aromatic rings. The van der Waals surface area contributed by atoms with Gasteiger partial charge in [0, 0.05) is 0 Å². The smallest absolute Gasteiger partial charge is 0.402 e. The van der Waals surface area contributed by atoms with Crippen LogP contribution in [0.25, 0.3) is 0 Å². The molecule has 15 nitrogen and oxygen atoms in total. The summed E-state index contributed by atoms with van der Waals surface area (Å²) >= 11 is 0. The van der Waals surface area contributed by atoms with Crippen molar-refractivity contribution in [2.24, 2.45) is 0 Å². The largest absolute Gasteiger partial charge is 0.403 e. The predicted octanol–water partition coefficient (Wildman–Crippen LogP) is -4.30. The van der Waals surface area contributed by atoms with E-state index in [1.54, 1.807) is 0 Å². The molecule has 3 unspecified atom stereocenters. The highest BCUT2D eigenvalue weighted by atomic mass is 16.7. The zero-order valence-corrected chi connectivity index (χ0v) is 18.0. The van der Waals surface area contributed by atoms with Crippen molar-refractivity contribution in [2.75, 3.05) is 79.3 Å². The highest BCUT2D eigenvalue weighted by molar-refractivity contribution is 4.72. The topological polar surface area (TPSA) is 159 Å². The van der Waals surface area contributed by atoms with E-state index < -0.39 is 17.1 Å². The summed E-state index contributed by atoms with van der Waals surface area (Å²) < 4.78 is 32.1. The van der Waals surface area contributed by atoms with Crippen molar-refractivity contribution in [1.82, 2.24) is 14.2 Å². The van der Waals surface area contributed by atoms with Gasteiger partial charge in [0.15, 0.2) is 0 Å². The number of hydrogen-bond acceptors (Lipinski definition) is 12. The van der Waals surface area contributed by atoms with Gasteiger partial charge in [0.25, 0.3) is 0 Å². The molecule has 0 spiro atoms. The van der Waals surface area contributed by atoms with Gasteiger partial charge in [-0.15, -0.1) is 0 Å². The lowest BCUT2D eigenvalue weighted by Crippen LogP contribution is -2.60. The predicted molar refractivity (Wildman–Crippen MR) is 105 cm³/mol. The van der Waals surface area contributed by atoms with Crippen LogP contribution in [0.15, 0.2) is 14.4 Å². The van der Waals surface area contributed by atoms with Crippen molar-refractivity contribution in [1.29, 1.82) is 0 Å². The van der Waals surface area contributed by atoms with Gasteiger partial charge in [-0.25, -0.2) is 14.4 Å². The molecule has 0 aromatic carbocycles. The molecule has 3 aliphatic heterocycles. The third-order valence-electron chi connectivity index (χ3n) is 4.50. The van der Waals surface area contributed by atoms with E-state index in [0.29, 0.717) is 53.8 Å². The molecule has 1 aromatic heterocycles. The molecule has 4 rings (SSSR count). The minimum atomic E-state index is -1.12. The Morgan fingerprint density at radius 3 is 1.06 bits per heavy atom. The van der Waals surface area contributed by atoms with Crippen LogP contribution in [0.1, 0.15) is 0 Å². The quantitative estimate of drug-likeness (QED) is 0.148. The second-order valence-corrected chi connectivity index (χ2v) is 7.32. The van der Waals surface area contributed by atoms with E-state index in [-0.39, 0.29) is 58.0 Å². The number of hydrogen-bond donors (Lipinski definition) is 0. The lowest BCUT2D eigenvalue weighted by molar-refractivity contribution is -0.0408. The molecule has 3 saturated heterocycles. The molecule has 0 bridgehead atoms. The van der Waals surface area contributed by atoms with Gasteiger partial charge in [-0.1, -0.05) is 14.2 Å². The van der Waals surface area contributed by atoms with Crippen LogP contribution < -0.4 is 31.6 Å². The number of epoxide rings is 3. The van der Waals surface area contributed by atoms with Crippen LogP contribution >= 0.6 is 0 Å². The Kier molecular flexibility index (Phi) is 8.35. The number of aromatic nitrogens is 3. The van der Waals surface area contributed by atoms with Crippen LogP contribution in [-0.2, 0) is 28.4 Å². The van der Waals surface area contributed by atoms with Crippen LogP contribution in [0.3, 0.4) is 0 Å². The van der Waals surface area contributed by atoms with Crippen molar-refractivity contribution in [3.05, 3.63) is 31.5 Å². The second-order valence-electron chi connectivity index (χ2n) is 7.32. The van der Waals surface area contributed by atoms with E-state index in [9.17, 15) is 14.4 Å². The maximum Gasteiger partial charge on any atom is 0.403 e. The minimum Gasteiger partial charge on any atom is -0.402 e. The van der Waals surface area contributed by atoms with Gasteiger partial charge in [-0.2, -0.15) is 0 Å². The molecule has 15 heteroatoms. The fourth-order valence-electron chi connectivity index (χ4n) is 2.52. The molecule has 3 fully saturated rings. The van der Waals surface area contributed by atoms with E-state index in [0.717, 1.165) is 0 Å². The van der Waals surface area contributed by atoms with Crippen LogP contribution in [0.2, 0.25) is 0 Å². The first-order chi connectivity index (χ1) is 16.1. The Hall–Kier alpha value is -2.43. The molecule has 186 valence electrons. The maximum atomic E-state index is 12.6. The van der Waals surface area contributed by atoms with Gasteiger partial charge in [0.05, 0.1) is 59.5 Å². The average Bonchev–Trinajstić information content (AvgIpc) is 3.65. The van der Waals surface area contributed by atoms with Crippen molar-refractivity contribution in [3.63, 3.8) is 0 Å². The third-order valence-corrected chi connectivity index (χ3v) is 4.50. The molecule has 4 heterocycles. The molecule has 33 heavy (non-hydrogen) atoms. The summed E-state index contributed by atoms with van der Waals surface area (Å²) in [6, 6.07) is 0. The monoisotopic (exact) mass is 477 g/mol. The van der Waals surface area contributed by atoms with Crippen LogP contribution in [-0.4, -0.2) is 112 Å². The zero-order chi connectivity index (χ0) is 23.0. The summed E-state index contributed by atoms with van der Waals surface area (Å²) in [4.78, 5) is 53.6. The number of nitrogens with zero attached hydrogens (tertiary/aromatic N) is 3. The second kappa shape index (κ2) is 11.6. The Morgan fingerprint density at radius 2 is 0.818 bits per heavy atom.